The van der Waals surface area contributed by atoms with E-state index in [1.54, 1.807) is 20.4 Å². The SMILES string of the molecule is Cc1nc(C(=O)N(C)C)nc(N2CC[C@@H](NC(C)c3cnc[nH]3)C2)c1C. The number of nitrogens with zero attached hydrogens (tertiary/aromatic N) is 5. The molecule has 3 rings (SSSR count). The van der Waals surface area contributed by atoms with Crippen molar-refractivity contribution in [2.75, 3.05) is 32.1 Å². The zero-order valence-electron chi connectivity index (χ0n) is 16.1. The first-order chi connectivity index (χ1) is 12.4. The van der Waals surface area contributed by atoms with E-state index in [1.807, 2.05) is 20.0 Å². The van der Waals surface area contributed by atoms with E-state index in [-0.39, 0.29) is 17.8 Å². The number of nitrogens with one attached hydrogen (secondary N) is 2. The Labute approximate surface area is 154 Å². The van der Waals surface area contributed by atoms with Crippen molar-refractivity contribution < 1.29 is 4.79 Å². The summed E-state index contributed by atoms with van der Waals surface area (Å²) in [4.78, 5) is 32.2. The number of aromatic nitrogens is 4. The average Bonchev–Trinajstić information content (AvgIpc) is 3.28. The van der Waals surface area contributed by atoms with Crippen molar-refractivity contribution in [3.05, 3.63) is 35.3 Å². The monoisotopic (exact) mass is 357 g/mol. The number of aromatic amines is 1. The molecule has 0 saturated carbocycles. The molecule has 1 aliphatic heterocycles. The smallest absolute Gasteiger partial charge is 0.291 e. The summed E-state index contributed by atoms with van der Waals surface area (Å²) in [6, 6.07) is 0.567. The lowest BCUT2D eigenvalue weighted by Crippen LogP contribution is -2.35. The average molecular weight is 357 g/mol. The maximum absolute atomic E-state index is 12.3. The summed E-state index contributed by atoms with van der Waals surface area (Å²) >= 11 is 0. The topological polar surface area (TPSA) is 90.0 Å². The van der Waals surface area contributed by atoms with Crippen molar-refractivity contribution in [2.45, 2.75) is 39.3 Å². The minimum Gasteiger partial charge on any atom is -0.355 e. The first-order valence-electron chi connectivity index (χ1n) is 8.93. The molecule has 1 aliphatic rings. The summed E-state index contributed by atoms with van der Waals surface area (Å²) in [6.45, 7) is 7.83. The van der Waals surface area contributed by atoms with Gasteiger partial charge < -0.3 is 20.1 Å². The molecule has 1 amide bonds. The Kier molecular flexibility index (Phi) is 5.22. The van der Waals surface area contributed by atoms with Crippen LogP contribution in [0, 0.1) is 13.8 Å². The van der Waals surface area contributed by atoms with Gasteiger partial charge >= 0.3 is 0 Å². The van der Waals surface area contributed by atoms with E-state index >= 15 is 0 Å². The molecule has 3 heterocycles. The highest BCUT2D eigenvalue weighted by Gasteiger charge is 2.28. The molecule has 2 aromatic heterocycles. The molecule has 8 nitrogen and oxygen atoms in total. The van der Waals surface area contributed by atoms with Crippen LogP contribution >= 0.6 is 0 Å². The Morgan fingerprint density at radius 3 is 2.81 bits per heavy atom. The number of amides is 1. The van der Waals surface area contributed by atoms with Crippen molar-refractivity contribution in [2.24, 2.45) is 0 Å². The molecule has 2 atom stereocenters. The molecule has 0 spiro atoms. The Hall–Kier alpha value is -2.48. The van der Waals surface area contributed by atoms with E-state index < -0.39 is 0 Å². The summed E-state index contributed by atoms with van der Waals surface area (Å²) in [5.41, 5.74) is 2.96. The van der Waals surface area contributed by atoms with Gasteiger partial charge in [-0.1, -0.05) is 0 Å². The van der Waals surface area contributed by atoms with Gasteiger partial charge in [-0.2, -0.15) is 0 Å². The molecular weight excluding hydrogens is 330 g/mol. The molecular formula is C18H27N7O. The lowest BCUT2D eigenvalue weighted by Gasteiger charge is -2.23. The Morgan fingerprint density at radius 2 is 2.15 bits per heavy atom. The largest absolute Gasteiger partial charge is 0.355 e. The molecule has 0 bridgehead atoms. The van der Waals surface area contributed by atoms with Gasteiger partial charge in [0, 0.05) is 56.7 Å². The molecule has 1 saturated heterocycles. The van der Waals surface area contributed by atoms with E-state index in [2.05, 4.69) is 37.1 Å². The van der Waals surface area contributed by atoms with Crippen LogP contribution in [0.1, 0.15) is 47.0 Å². The number of carbonyl (C=O) groups is 1. The normalized spacial score (nSPS) is 18.2. The van der Waals surface area contributed by atoms with Crippen LogP contribution in [-0.4, -0.2) is 64.0 Å². The van der Waals surface area contributed by atoms with Gasteiger partial charge in [-0.3, -0.25) is 4.79 Å². The number of imidazole rings is 1. The quantitative estimate of drug-likeness (QED) is 0.842. The number of hydrogen-bond donors (Lipinski definition) is 2. The van der Waals surface area contributed by atoms with Crippen LogP contribution in [0.4, 0.5) is 5.82 Å². The van der Waals surface area contributed by atoms with E-state index in [1.165, 1.54) is 4.90 Å². The fraction of sp³-hybridized carbons (Fsp3) is 0.556. The summed E-state index contributed by atoms with van der Waals surface area (Å²) in [5, 5.41) is 3.64. The van der Waals surface area contributed by atoms with Gasteiger partial charge in [0.05, 0.1) is 12.0 Å². The van der Waals surface area contributed by atoms with Gasteiger partial charge in [-0.25, -0.2) is 15.0 Å². The zero-order valence-corrected chi connectivity index (χ0v) is 16.1. The molecule has 0 aliphatic carbocycles. The van der Waals surface area contributed by atoms with Crippen LogP contribution in [-0.2, 0) is 0 Å². The molecule has 1 unspecified atom stereocenters. The molecule has 8 heteroatoms. The van der Waals surface area contributed by atoms with Crippen molar-refractivity contribution >= 4 is 11.7 Å². The van der Waals surface area contributed by atoms with Crippen LogP contribution < -0.4 is 10.2 Å². The third kappa shape index (κ3) is 3.70. The van der Waals surface area contributed by atoms with Gasteiger partial charge in [0.2, 0.25) is 5.82 Å². The van der Waals surface area contributed by atoms with Gasteiger partial charge in [0.25, 0.3) is 5.91 Å². The number of carbonyl (C=O) groups excluding carboxylic acids is 1. The van der Waals surface area contributed by atoms with Crippen molar-refractivity contribution in [3.63, 3.8) is 0 Å². The molecule has 2 N–H and O–H groups in total. The van der Waals surface area contributed by atoms with E-state index in [0.29, 0.717) is 6.04 Å². The van der Waals surface area contributed by atoms with Gasteiger partial charge in [-0.05, 0) is 27.2 Å². The summed E-state index contributed by atoms with van der Waals surface area (Å²) in [5.74, 6) is 0.951. The third-order valence-corrected chi connectivity index (χ3v) is 4.92. The summed E-state index contributed by atoms with van der Waals surface area (Å²) < 4.78 is 0. The molecule has 0 aromatic carbocycles. The van der Waals surface area contributed by atoms with Crippen LogP contribution in [0.5, 0.6) is 0 Å². The maximum atomic E-state index is 12.3. The zero-order chi connectivity index (χ0) is 18.8. The van der Waals surface area contributed by atoms with Crippen molar-refractivity contribution in [1.29, 1.82) is 0 Å². The Balaban J connectivity index is 1.74. The van der Waals surface area contributed by atoms with Gasteiger partial charge in [0.1, 0.15) is 5.82 Å². The number of H-pyrrole nitrogens is 1. The predicted octanol–water partition coefficient (Wildman–Crippen LogP) is 1.45. The standard InChI is InChI=1S/C18H27N7O/c1-11-12(2)22-16(18(26)24(4)5)23-17(11)25-7-6-14(9-25)21-13(3)15-8-19-10-20-15/h8,10,13-14,21H,6-7,9H2,1-5H3,(H,19,20)/t13?,14-/m1/s1. The Bertz CT molecular complexity index is 772. The lowest BCUT2D eigenvalue weighted by molar-refractivity contribution is 0.0815. The van der Waals surface area contributed by atoms with Crippen LogP contribution in [0.25, 0.3) is 0 Å². The Morgan fingerprint density at radius 1 is 1.38 bits per heavy atom. The highest BCUT2D eigenvalue weighted by molar-refractivity contribution is 5.90. The van der Waals surface area contributed by atoms with Gasteiger partial charge in [-0.15, -0.1) is 0 Å². The van der Waals surface area contributed by atoms with Crippen LogP contribution in [0.15, 0.2) is 12.5 Å². The molecule has 0 radical (unpaired) electrons. The number of aryl methyl sites for hydroxylation is 1. The second kappa shape index (κ2) is 7.41. The number of anilines is 1. The van der Waals surface area contributed by atoms with E-state index in [0.717, 1.165) is 42.3 Å². The molecule has 1 fully saturated rings. The second-order valence-corrected chi connectivity index (χ2v) is 7.11. The number of rotatable bonds is 5. The van der Waals surface area contributed by atoms with Crippen LogP contribution in [0.2, 0.25) is 0 Å². The van der Waals surface area contributed by atoms with Crippen LogP contribution in [0.3, 0.4) is 0 Å². The van der Waals surface area contributed by atoms with Gasteiger partial charge in [0.15, 0.2) is 0 Å². The van der Waals surface area contributed by atoms with E-state index in [9.17, 15) is 4.79 Å². The van der Waals surface area contributed by atoms with E-state index in [4.69, 9.17) is 0 Å². The maximum Gasteiger partial charge on any atom is 0.291 e. The second-order valence-electron chi connectivity index (χ2n) is 7.11. The number of hydrogen-bond acceptors (Lipinski definition) is 6. The summed E-state index contributed by atoms with van der Waals surface area (Å²) in [6.07, 6.45) is 4.57. The fourth-order valence-corrected chi connectivity index (χ4v) is 3.25. The molecule has 26 heavy (non-hydrogen) atoms. The first-order valence-corrected chi connectivity index (χ1v) is 8.93. The predicted molar refractivity (Wildman–Crippen MR) is 100 cm³/mol. The van der Waals surface area contributed by atoms with Crippen molar-refractivity contribution in [3.8, 4) is 0 Å². The molecule has 2 aromatic rings. The highest BCUT2D eigenvalue weighted by Crippen LogP contribution is 2.25. The minimum atomic E-state index is -0.170. The minimum absolute atomic E-state index is 0.170. The third-order valence-electron chi connectivity index (χ3n) is 4.92. The molecule has 140 valence electrons. The lowest BCUT2D eigenvalue weighted by atomic mass is 10.2. The van der Waals surface area contributed by atoms with Crippen molar-refractivity contribution in [1.82, 2.24) is 30.2 Å². The first kappa shape index (κ1) is 18.3. The highest BCUT2D eigenvalue weighted by atomic mass is 16.2. The fourth-order valence-electron chi connectivity index (χ4n) is 3.25. The summed E-state index contributed by atoms with van der Waals surface area (Å²) in [7, 11) is 3.43.